The summed E-state index contributed by atoms with van der Waals surface area (Å²) in [6, 6.07) is 8.28. The number of rotatable bonds is 1. The first-order chi connectivity index (χ1) is 8.15. The number of nitriles is 1. The zero-order chi connectivity index (χ0) is 13.7. The van der Waals surface area contributed by atoms with Gasteiger partial charge in [-0.15, -0.1) is 0 Å². The summed E-state index contributed by atoms with van der Waals surface area (Å²) in [5.74, 6) is 0.0417. The van der Waals surface area contributed by atoms with E-state index in [4.69, 9.17) is 10.4 Å². The summed E-state index contributed by atoms with van der Waals surface area (Å²) in [7, 11) is 1.50. The number of benzene rings is 1. The Bertz CT molecular complexity index is 392. The van der Waals surface area contributed by atoms with Gasteiger partial charge >= 0.3 is 0 Å². The van der Waals surface area contributed by atoms with E-state index in [1.165, 1.54) is 13.1 Å². The number of phenolic OH excluding ortho intramolecular Hbond substituents is 1. The summed E-state index contributed by atoms with van der Waals surface area (Å²) < 4.78 is 0. The summed E-state index contributed by atoms with van der Waals surface area (Å²) in [4.78, 5) is 3.62. The van der Waals surface area contributed by atoms with E-state index in [1.54, 1.807) is 18.2 Å². The van der Waals surface area contributed by atoms with E-state index in [1.807, 2.05) is 26.0 Å². The summed E-state index contributed by atoms with van der Waals surface area (Å²) in [6.45, 7) is 7.16. The first-order valence-corrected chi connectivity index (χ1v) is 5.01. The van der Waals surface area contributed by atoms with Crippen molar-refractivity contribution in [1.82, 2.24) is 0 Å². The Morgan fingerprint density at radius 3 is 2.24 bits per heavy atom. The van der Waals surface area contributed by atoms with Crippen molar-refractivity contribution in [1.29, 1.82) is 5.26 Å². The second kappa shape index (κ2) is 12.0. The number of para-hydroxylation sites is 1. The van der Waals surface area contributed by atoms with E-state index in [-0.39, 0.29) is 5.75 Å². The molecule has 0 saturated carbocycles. The number of allylic oxidation sites excluding steroid dienone is 2. The van der Waals surface area contributed by atoms with Crippen molar-refractivity contribution in [3.63, 3.8) is 0 Å². The van der Waals surface area contributed by atoms with Crippen LogP contribution in [0.5, 0.6) is 5.75 Å². The van der Waals surface area contributed by atoms with Crippen molar-refractivity contribution in [3.05, 3.63) is 41.6 Å². The largest absolute Gasteiger partial charge is 0.507 e. The van der Waals surface area contributed by atoms with Crippen LogP contribution in [-0.2, 0) is 0 Å². The zero-order valence-electron chi connectivity index (χ0n) is 10.5. The van der Waals surface area contributed by atoms with Crippen molar-refractivity contribution >= 4 is 6.72 Å². The number of hydrogen-bond donors (Lipinski definition) is 2. The molecule has 92 valence electrons. The Balaban J connectivity index is 0. The molecule has 0 aliphatic heterocycles. The molecule has 0 saturated heterocycles. The van der Waals surface area contributed by atoms with Crippen molar-refractivity contribution in [2.24, 2.45) is 10.7 Å². The number of nitrogens with two attached hydrogens (primary N) is 1. The second-order valence-corrected chi connectivity index (χ2v) is 2.72. The van der Waals surface area contributed by atoms with Crippen LogP contribution in [0.1, 0.15) is 19.4 Å². The highest BCUT2D eigenvalue weighted by Gasteiger charge is 1.93. The van der Waals surface area contributed by atoms with Crippen molar-refractivity contribution in [3.8, 4) is 11.8 Å². The van der Waals surface area contributed by atoms with Crippen LogP contribution in [0, 0.1) is 11.3 Å². The maximum absolute atomic E-state index is 8.89. The average Bonchev–Trinajstić information content (AvgIpc) is 2.41. The summed E-state index contributed by atoms with van der Waals surface area (Å²) in [5, 5.41) is 17.2. The lowest BCUT2D eigenvalue weighted by atomic mass is 10.2. The minimum Gasteiger partial charge on any atom is -0.507 e. The number of phenols is 1. The van der Waals surface area contributed by atoms with Gasteiger partial charge < -0.3 is 10.8 Å². The van der Waals surface area contributed by atoms with Gasteiger partial charge in [-0.1, -0.05) is 18.2 Å². The smallest absolute Gasteiger partial charge is 0.133 e. The van der Waals surface area contributed by atoms with Crippen LogP contribution in [0.4, 0.5) is 0 Å². The maximum Gasteiger partial charge on any atom is 0.133 e. The Morgan fingerprint density at radius 1 is 1.47 bits per heavy atom. The second-order valence-electron chi connectivity index (χ2n) is 2.72. The molecule has 0 aliphatic rings. The number of aliphatic imine (C=N–C) groups is 1. The molecule has 1 aromatic rings. The first-order valence-electron chi connectivity index (χ1n) is 5.01. The maximum atomic E-state index is 8.89. The molecule has 0 atom stereocenters. The van der Waals surface area contributed by atoms with Crippen molar-refractivity contribution in [2.75, 3.05) is 7.05 Å². The minimum atomic E-state index is 0.0417. The Morgan fingerprint density at radius 2 is 2.00 bits per heavy atom. The van der Waals surface area contributed by atoms with E-state index in [9.17, 15) is 0 Å². The van der Waals surface area contributed by atoms with Gasteiger partial charge in [0.15, 0.2) is 0 Å². The number of aromatic hydroxyl groups is 1. The van der Waals surface area contributed by atoms with Crippen LogP contribution < -0.4 is 5.73 Å². The topological polar surface area (TPSA) is 82.4 Å². The monoisotopic (exact) mass is 233 g/mol. The highest BCUT2D eigenvalue weighted by atomic mass is 16.3. The van der Waals surface area contributed by atoms with Gasteiger partial charge in [-0.05, 0) is 39.7 Å². The van der Waals surface area contributed by atoms with Gasteiger partial charge in [0.2, 0.25) is 0 Å². The van der Waals surface area contributed by atoms with E-state index >= 15 is 0 Å². The molecule has 0 fully saturated rings. The standard InChI is InChI=1S/C7H5NO.C5H9N.CH5N/c8-5-6-3-1-2-4-7(6)9;1-4-5(2)6-3;1-2/h1-4,9H;4H,3H2,1-2H3;2H2,1H3/b;5-4-;. The molecular weight excluding hydrogens is 214 g/mol. The molecule has 0 amide bonds. The summed E-state index contributed by atoms with van der Waals surface area (Å²) in [5.41, 5.74) is 5.80. The van der Waals surface area contributed by atoms with Gasteiger partial charge in [0, 0.05) is 5.70 Å². The van der Waals surface area contributed by atoms with Crippen molar-refractivity contribution in [2.45, 2.75) is 13.8 Å². The van der Waals surface area contributed by atoms with Crippen LogP contribution in [0.15, 0.2) is 41.0 Å². The lowest BCUT2D eigenvalue weighted by Crippen LogP contribution is -1.71. The molecule has 0 radical (unpaired) electrons. The highest BCUT2D eigenvalue weighted by molar-refractivity contribution is 5.41. The fourth-order valence-corrected chi connectivity index (χ4v) is 0.659. The van der Waals surface area contributed by atoms with Crippen LogP contribution >= 0.6 is 0 Å². The highest BCUT2D eigenvalue weighted by Crippen LogP contribution is 2.12. The average molecular weight is 233 g/mol. The van der Waals surface area contributed by atoms with Crippen LogP contribution in [-0.4, -0.2) is 18.9 Å². The van der Waals surface area contributed by atoms with Crippen molar-refractivity contribution < 1.29 is 5.11 Å². The third-order valence-electron chi connectivity index (χ3n) is 1.69. The molecule has 0 spiro atoms. The molecule has 17 heavy (non-hydrogen) atoms. The normalized spacial score (nSPS) is 8.76. The fraction of sp³-hybridized carbons (Fsp3) is 0.231. The van der Waals surface area contributed by atoms with Crippen LogP contribution in [0.2, 0.25) is 0 Å². The van der Waals surface area contributed by atoms with E-state index < -0.39 is 0 Å². The van der Waals surface area contributed by atoms with E-state index in [2.05, 4.69) is 17.4 Å². The molecule has 4 heteroatoms. The molecule has 0 aliphatic carbocycles. The Hall–Kier alpha value is -2.12. The molecule has 0 bridgehead atoms. The zero-order valence-corrected chi connectivity index (χ0v) is 10.5. The minimum absolute atomic E-state index is 0.0417. The lowest BCUT2D eigenvalue weighted by Gasteiger charge is -1.89. The molecule has 0 unspecified atom stereocenters. The molecule has 3 N–H and O–H groups in total. The molecule has 0 heterocycles. The van der Waals surface area contributed by atoms with Gasteiger partial charge in [-0.2, -0.15) is 5.26 Å². The first kappa shape index (κ1) is 17.3. The van der Waals surface area contributed by atoms with Gasteiger partial charge in [0.05, 0.1) is 5.56 Å². The van der Waals surface area contributed by atoms with Gasteiger partial charge in [-0.25, -0.2) is 0 Å². The molecular formula is C13H19N3O. The molecule has 1 aromatic carbocycles. The SMILES string of the molecule is C=N/C(C)=C\C.CN.N#Cc1ccccc1O. The quantitative estimate of drug-likeness (QED) is 0.731. The number of hydrogen-bond acceptors (Lipinski definition) is 4. The lowest BCUT2D eigenvalue weighted by molar-refractivity contribution is 0.473. The van der Waals surface area contributed by atoms with Gasteiger partial charge in [0.1, 0.15) is 11.8 Å². The Kier molecular flexibility index (Phi) is 12.1. The van der Waals surface area contributed by atoms with E-state index in [0.29, 0.717) is 5.56 Å². The van der Waals surface area contributed by atoms with E-state index in [0.717, 1.165) is 5.70 Å². The Labute approximate surface area is 103 Å². The molecule has 0 aromatic heterocycles. The molecule has 4 nitrogen and oxygen atoms in total. The summed E-state index contributed by atoms with van der Waals surface area (Å²) >= 11 is 0. The third kappa shape index (κ3) is 8.85. The predicted molar refractivity (Wildman–Crippen MR) is 71.9 cm³/mol. The van der Waals surface area contributed by atoms with Gasteiger partial charge in [-0.3, -0.25) is 4.99 Å². The fourth-order valence-electron chi connectivity index (χ4n) is 0.659. The predicted octanol–water partition coefficient (Wildman–Crippen LogP) is 2.45. The summed E-state index contributed by atoms with van der Waals surface area (Å²) in [6.07, 6.45) is 1.91. The molecule has 1 rings (SSSR count). The third-order valence-corrected chi connectivity index (χ3v) is 1.69. The van der Waals surface area contributed by atoms with Crippen LogP contribution in [0.25, 0.3) is 0 Å². The van der Waals surface area contributed by atoms with Crippen LogP contribution in [0.3, 0.4) is 0 Å². The van der Waals surface area contributed by atoms with Gasteiger partial charge in [0.25, 0.3) is 0 Å². The number of nitrogens with zero attached hydrogens (tertiary/aromatic N) is 2.